The molecule has 28 heavy (non-hydrogen) atoms. The van der Waals surface area contributed by atoms with E-state index >= 15 is 0 Å². The van der Waals surface area contributed by atoms with Crippen molar-refractivity contribution in [2.75, 3.05) is 6.61 Å². The minimum atomic E-state index is -0.874. The van der Waals surface area contributed by atoms with Crippen LogP contribution in [0.4, 0.5) is 0 Å². The van der Waals surface area contributed by atoms with E-state index in [1.165, 1.54) is 16.3 Å². The van der Waals surface area contributed by atoms with E-state index in [1.54, 1.807) is 0 Å². The Bertz CT molecular complexity index is 919. The number of hydrogen-bond donors (Lipinski definition) is 3. The first kappa shape index (κ1) is 20.5. The molecule has 0 aliphatic carbocycles. The number of nitrogens with zero attached hydrogens (tertiary/aromatic N) is 1. The van der Waals surface area contributed by atoms with Crippen LogP contribution in [-0.2, 0) is 22.7 Å². The maximum atomic E-state index is 12.1. The first-order valence-corrected chi connectivity index (χ1v) is 9.35. The third-order valence-electron chi connectivity index (χ3n) is 4.93. The average molecular weight is 390 g/mol. The summed E-state index contributed by atoms with van der Waals surface area (Å²) in [6.07, 6.45) is -0.833. The number of aliphatic hydroxyl groups is 2. The summed E-state index contributed by atoms with van der Waals surface area (Å²) in [5, 5.41) is 19.1. The molecule has 0 radical (unpaired) electrons. The summed E-state index contributed by atoms with van der Waals surface area (Å²) < 4.78 is 12.5. The lowest BCUT2D eigenvalue weighted by Gasteiger charge is -2.16. The van der Waals surface area contributed by atoms with Crippen LogP contribution >= 0.6 is 0 Å². The summed E-state index contributed by atoms with van der Waals surface area (Å²) >= 11 is 0. The number of H-pyrrole nitrogens is 1. The second-order valence-electron chi connectivity index (χ2n) is 7.28. The van der Waals surface area contributed by atoms with Crippen molar-refractivity contribution < 1.29 is 19.7 Å². The van der Waals surface area contributed by atoms with Crippen LogP contribution in [0.15, 0.2) is 40.1 Å². The van der Waals surface area contributed by atoms with Gasteiger partial charge in [0.15, 0.2) is 0 Å². The van der Waals surface area contributed by atoms with Gasteiger partial charge in [-0.05, 0) is 17.0 Å². The Labute approximate surface area is 162 Å². The Morgan fingerprint density at radius 1 is 1.25 bits per heavy atom. The number of aromatic amines is 1. The van der Waals surface area contributed by atoms with Gasteiger partial charge in [0.05, 0.1) is 31.5 Å². The first-order chi connectivity index (χ1) is 13.4. The van der Waals surface area contributed by atoms with E-state index in [9.17, 15) is 19.8 Å². The van der Waals surface area contributed by atoms with Crippen LogP contribution in [0, 0.1) is 0 Å². The molecule has 3 rings (SSSR count). The summed E-state index contributed by atoms with van der Waals surface area (Å²) in [6, 6.07) is 7.97. The van der Waals surface area contributed by atoms with Crippen LogP contribution in [0.25, 0.3) is 0 Å². The molecule has 0 spiro atoms. The van der Waals surface area contributed by atoms with Gasteiger partial charge < -0.3 is 19.7 Å². The number of aromatic nitrogens is 2. The van der Waals surface area contributed by atoms with Crippen LogP contribution in [0.5, 0.6) is 0 Å². The Hall–Kier alpha value is -2.26. The predicted octanol–water partition coefficient (Wildman–Crippen LogP) is 1.02. The average Bonchev–Trinajstić information content (AvgIpc) is 3.04. The molecule has 1 aliphatic heterocycles. The quantitative estimate of drug-likeness (QED) is 0.650. The fourth-order valence-electron chi connectivity index (χ4n) is 3.39. The summed E-state index contributed by atoms with van der Waals surface area (Å²) in [7, 11) is 0. The van der Waals surface area contributed by atoms with Crippen molar-refractivity contribution in [1.29, 1.82) is 0 Å². The largest absolute Gasteiger partial charge is 0.394 e. The molecule has 3 atom stereocenters. The van der Waals surface area contributed by atoms with E-state index in [0.717, 1.165) is 5.56 Å². The SMILES string of the molecule is CC(C)c1ccccc1COCc1cn([C@@H]2CC(O)[C@H](CO)O2)c(=O)[nH]c1=O. The third-order valence-corrected chi connectivity index (χ3v) is 4.93. The van der Waals surface area contributed by atoms with Gasteiger partial charge in [0.1, 0.15) is 12.3 Å². The van der Waals surface area contributed by atoms with Gasteiger partial charge in [-0.25, -0.2) is 4.79 Å². The standard InChI is InChI=1S/C20H26N2O6/c1-12(2)15-6-4-3-5-13(15)10-27-11-14-8-22(20(26)21-19(14)25)18-7-16(24)17(9-23)28-18/h3-6,8,12,16-18,23-24H,7,9-11H2,1-2H3,(H,21,25,26)/t16?,17-,18-/m0/s1. The second kappa shape index (κ2) is 8.83. The molecular weight excluding hydrogens is 364 g/mol. The summed E-state index contributed by atoms with van der Waals surface area (Å²) in [4.78, 5) is 26.5. The highest BCUT2D eigenvalue weighted by Gasteiger charge is 2.35. The lowest BCUT2D eigenvalue weighted by atomic mass is 9.98. The van der Waals surface area contributed by atoms with Crippen molar-refractivity contribution >= 4 is 0 Å². The monoisotopic (exact) mass is 390 g/mol. The second-order valence-corrected chi connectivity index (χ2v) is 7.28. The highest BCUT2D eigenvalue weighted by molar-refractivity contribution is 5.29. The van der Waals surface area contributed by atoms with Crippen molar-refractivity contribution in [3.05, 3.63) is 68.0 Å². The van der Waals surface area contributed by atoms with E-state index in [4.69, 9.17) is 9.47 Å². The summed E-state index contributed by atoms with van der Waals surface area (Å²) in [5.74, 6) is 0.357. The van der Waals surface area contributed by atoms with E-state index in [-0.39, 0.29) is 25.2 Å². The molecule has 2 aromatic rings. The Kier molecular flexibility index (Phi) is 6.46. The van der Waals surface area contributed by atoms with Crippen LogP contribution in [-0.4, -0.2) is 38.6 Å². The number of nitrogens with one attached hydrogen (secondary N) is 1. The van der Waals surface area contributed by atoms with Crippen LogP contribution < -0.4 is 11.2 Å². The van der Waals surface area contributed by atoms with Gasteiger partial charge >= 0.3 is 5.69 Å². The smallest absolute Gasteiger partial charge is 0.330 e. The lowest BCUT2D eigenvalue weighted by Crippen LogP contribution is -2.34. The van der Waals surface area contributed by atoms with Crippen LogP contribution in [0.3, 0.4) is 0 Å². The van der Waals surface area contributed by atoms with Gasteiger partial charge in [-0.2, -0.15) is 0 Å². The molecule has 0 amide bonds. The van der Waals surface area contributed by atoms with Crippen LogP contribution in [0.1, 0.15) is 49.1 Å². The molecule has 1 fully saturated rings. The molecule has 1 aromatic carbocycles. The van der Waals surface area contributed by atoms with Crippen molar-refractivity contribution in [3.8, 4) is 0 Å². The van der Waals surface area contributed by atoms with Gasteiger partial charge in [0.2, 0.25) is 0 Å². The molecule has 2 heterocycles. The van der Waals surface area contributed by atoms with E-state index in [0.29, 0.717) is 12.5 Å². The molecule has 0 bridgehead atoms. The molecule has 1 saturated heterocycles. The maximum Gasteiger partial charge on any atom is 0.330 e. The third kappa shape index (κ3) is 4.41. The Morgan fingerprint density at radius 2 is 1.96 bits per heavy atom. The number of rotatable bonds is 7. The molecular formula is C20H26N2O6. The Morgan fingerprint density at radius 3 is 2.64 bits per heavy atom. The minimum Gasteiger partial charge on any atom is -0.394 e. The molecule has 1 aliphatic rings. The molecule has 8 heteroatoms. The zero-order chi connectivity index (χ0) is 20.3. The highest BCUT2D eigenvalue weighted by Crippen LogP contribution is 2.27. The number of benzene rings is 1. The molecule has 8 nitrogen and oxygen atoms in total. The van der Waals surface area contributed by atoms with Gasteiger partial charge in [0.25, 0.3) is 5.56 Å². The number of ether oxygens (including phenoxy) is 2. The fourth-order valence-corrected chi connectivity index (χ4v) is 3.39. The van der Waals surface area contributed by atoms with Crippen molar-refractivity contribution in [2.24, 2.45) is 0 Å². The zero-order valence-corrected chi connectivity index (χ0v) is 16.0. The molecule has 0 saturated carbocycles. The van der Waals surface area contributed by atoms with Crippen molar-refractivity contribution in [1.82, 2.24) is 9.55 Å². The van der Waals surface area contributed by atoms with Gasteiger partial charge in [-0.1, -0.05) is 38.1 Å². The van der Waals surface area contributed by atoms with Gasteiger partial charge in [-0.3, -0.25) is 14.3 Å². The maximum absolute atomic E-state index is 12.1. The number of hydrogen-bond acceptors (Lipinski definition) is 6. The predicted molar refractivity (Wildman–Crippen MR) is 102 cm³/mol. The first-order valence-electron chi connectivity index (χ1n) is 9.35. The molecule has 3 N–H and O–H groups in total. The van der Waals surface area contributed by atoms with Crippen molar-refractivity contribution in [3.63, 3.8) is 0 Å². The molecule has 1 unspecified atom stereocenters. The van der Waals surface area contributed by atoms with Gasteiger partial charge in [-0.15, -0.1) is 0 Å². The number of aliphatic hydroxyl groups excluding tert-OH is 2. The highest BCUT2D eigenvalue weighted by atomic mass is 16.5. The van der Waals surface area contributed by atoms with E-state index in [2.05, 4.69) is 24.9 Å². The minimum absolute atomic E-state index is 0.0285. The van der Waals surface area contributed by atoms with Crippen molar-refractivity contribution in [2.45, 2.75) is 57.8 Å². The summed E-state index contributed by atoms with van der Waals surface area (Å²) in [6.45, 7) is 4.24. The van der Waals surface area contributed by atoms with Crippen LogP contribution in [0.2, 0.25) is 0 Å². The lowest BCUT2D eigenvalue weighted by molar-refractivity contribution is -0.0461. The van der Waals surface area contributed by atoms with E-state index in [1.807, 2.05) is 18.2 Å². The Balaban J connectivity index is 1.73. The van der Waals surface area contributed by atoms with E-state index < -0.39 is 29.7 Å². The summed E-state index contributed by atoms with van der Waals surface area (Å²) in [5.41, 5.74) is 1.37. The fraction of sp³-hybridized carbons (Fsp3) is 0.500. The van der Waals surface area contributed by atoms with Gasteiger partial charge in [0, 0.05) is 12.6 Å². The topological polar surface area (TPSA) is 114 Å². The zero-order valence-electron chi connectivity index (χ0n) is 16.0. The normalized spacial score (nSPS) is 22.1. The molecule has 1 aromatic heterocycles. The molecule has 152 valence electrons.